The van der Waals surface area contributed by atoms with E-state index in [1.807, 2.05) is 0 Å². The normalized spacial score (nSPS) is 18.4. The Morgan fingerprint density at radius 3 is 2.62 bits per heavy atom. The molecule has 0 aromatic rings. The lowest BCUT2D eigenvalue weighted by molar-refractivity contribution is 0.540. The highest BCUT2D eigenvalue weighted by Crippen LogP contribution is 2.17. The molecule has 0 heterocycles. The molecule has 2 nitrogen and oxygen atoms in total. The predicted octanol–water partition coefficient (Wildman–Crippen LogP) is 3.36. The van der Waals surface area contributed by atoms with Crippen molar-refractivity contribution in [1.29, 1.82) is 0 Å². The quantitative estimate of drug-likeness (QED) is 0.552. The maximum Gasteiger partial charge on any atom is 0.166 e. The second-order valence-corrected chi connectivity index (χ2v) is 5.40. The summed E-state index contributed by atoms with van der Waals surface area (Å²) in [6.07, 6.45) is 10.4. The van der Waals surface area contributed by atoms with Crippen LogP contribution in [0.25, 0.3) is 0 Å². The molecule has 2 N–H and O–H groups in total. The average molecular weight is 242 g/mol. The number of hydrogen-bond donors (Lipinski definition) is 2. The van der Waals surface area contributed by atoms with Gasteiger partial charge in [-0.1, -0.05) is 39.0 Å². The van der Waals surface area contributed by atoms with Crippen LogP contribution < -0.4 is 10.6 Å². The van der Waals surface area contributed by atoms with Crippen LogP contribution in [0.5, 0.6) is 0 Å². The summed E-state index contributed by atoms with van der Waals surface area (Å²) in [7, 11) is 0. The van der Waals surface area contributed by atoms with E-state index in [0.717, 1.165) is 5.11 Å². The third-order valence-corrected chi connectivity index (χ3v) is 3.54. The summed E-state index contributed by atoms with van der Waals surface area (Å²) in [5.74, 6) is 0. The fourth-order valence-corrected chi connectivity index (χ4v) is 2.66. The monoisotopic (exact) mass is 242 g/mol. The third-order valence-electron chi connectivity index (χ3n) is 3.31. The molecule has 3 heteroatoms. The number of thiocarbonyl (C=S) groups is 1. The van der Waals surface area contributed by atoms with E-state index < -0.39 is 0 Å². The Morgan fingerprint density at radius 2 is 2.00 bits per heavy atom. The van der Waals surface area contributed by atoms with Gasteiger partial charge in [0.1, 0.15) is 0 Å². The lowest BCUT2D eigenvalue weighted by atomic mass is 10.1. The minimum absolute atomic E-state index is 0.507. The van der Waals surface area contributed by atoms with Gasteiger partial charge >= 0.3 is 0 Å². The number of unbranched alkanes of at least 4 members (excludes halogenated alkanes) is 2. The Labute approximate surface area is 106 Å². The molecular weight excluding hydrogens is 216 g/mol. The molecule has 94 valence electrons. The summed E-state index contributed by atoms with van der Waals surface area (Å²) < 4.78 is 0. The summed E-state index contributed by atoms with van der Waals surface area (Å²) >= 11 is 5.32. The number of nitrogens with one attached hydrogen (secondary N) is 2. The SMILES string of the molecule is CCCCCC(C)NC(=S)NC1CCCC1. The zero-order valence-electron chi connectivity index (χ0n) is 10.7. The first-order valence-electron chi connectivity index (χ1n) is 6.79. The van der Waals surface area contributed by atoms with Gasteiger partial charge < -0.3 is 10.6 Å². The van der Waals surface area contributed by atoms with Crippen LogP contribution in [-0.2, 0) is 0 Å². The van der Waals surface area contributed by atoms with E-state index in [1.165, 1.54) is 51.4 Å². The van der Waals surface area contributed by atoms with Crippen molar-refractivity contribution in [3.8, 4) is 0 Å². The second-order valence-electron chi connectivity index (χ2n) is 5.00. The van der Waals surface area contributed by atoms with Crippen molar-refractivity contribution in [3.05, 3.63) is 0 Å². The minimum atomic E-state index is 0.507. The Morgan fingerprint density at radius 1 is 1.31 bits per heavy atom. The van der Waals surface area contributed by atoms with E-state index in [0.29, 0.717) is 12.1 Å². The first-order valence-corrected chi connectivity index (χ1v) is 7.20. The molecule has 0 aromatic carbocycles. The summed E-state index contributed by atoms with van der Waals surface area (Å²) in [6, 6.07) is 1.13. The van der Waals surface area contributed by atoms with Crippen LogP contribution >= 0.6 is 12.2 Å². The van der Waals surface area contributed by atoms with E-state index in [9.17, 15) is 0 Å². The highest BCUT2D eigenvalue weighted by atomic mass is 32.1. The molecule has 0 spiro atoms. The van der Waals surface area contributed by atoms with Crippen LogP contribution in [0.1, 0.15) is 65.2 Å². The van der Waals surface area contributed by atoms with E-state index in [-0.39, 0.29) is 0 Å². The van der Waals surface area contributed by atoms with Gasteiger partial charge in [-0.2, -0.15) is 0 Å². The van der Waals surface area contributed by atoms with Gasteiger partial charge in [0.25, 0.3) is 0 Å². The second kappa shape index (κ2) is 7.88. The molecule has 1 aliphatic rings. The van der Waals surface area contributed by atoms with Crippen molar-refractivity contribution in [2.24, 2.45) is 0 Å². The number of hydrogen-bond acceptors (Lipinski definition) is 1. The van der Waals surface area contributed by atoms with Gasteiger partial charge in [0.2, 0.25) is 0 Å². The topological polar surface area (TPSA) is 24.1 Å². The molecule has 16 heavy (non-hydrogen) atoms. The van der Waals surface area contributed by atoms with Crippen LogP contribution in [0.2, 0.25) is 0 Å². The minimum Gasteiger partial charge on any atom is -0.360 e. The van der Waals surface area contributed by atoms with Crippen molar-refractivity contribution >= 4 is 17.3 Å². The molecule has 0 aliphatic heterocycles. The fraction of sp³-hybridized carbons (Fsp3) is 0.923. The van der Waals surface area contributed by atoms with Gasteiger partial charge in [0.15, 0.2) is 5.11 Å². The highest BCUT2D eigenvalue weighted by Gasteiger charge is 2.15. The van der Waals surface area contributed by atoms with Crippen LogP contribution in [0, 0.1) is 0 Å². The van der Waals surface area contributed by atoms with Gasteiger partial charge in [-0.25, -0.2) is 0 Å². The van der Waals surface area contributed by atoms with Crippen LogP contribution in [0.3, 0.4) is 0 Å². The molecule has 1 saturated carbocycles. The molecule has 0 bridgehead atoms. The molecule has 1 rings (SSSR count). The van der Waals surface area contributed by atoms with Gasteiger partial charge in [0.05, 0.1) is 0 Å². The standard InChI is InChI=1S/C13H26N2S/c1-3-4-5-8-11(2)14-13(16)15-12-9-6-7-10-12/h11-12H,3-10H2,1-2H3,(H2,14,15,16). The molecule has 1 fully saturated rings. The summed E-state index contributed by atoms with van der Waals surface area (Å²) in [4.78, 5) is 0. The molecule has 1 unspecified atom stereocenters. The van der Waals surface area contributed by atoms with E-state index in [1.54, 1.807) is 0 Å². The largest absolute Gasteiger partial charge is 0.360 e. The van der Waals surface area contributed by atoms with Crippen LogP contribution in [-0.4, -0.2) is 17.2 Å². The summed E-state index contributed by atoms with van der Waals surface area (Å²) in [5, 5.41) is 7.66. The van der Waals surface area contributed by atoms with Crippen molar-refractivity contribution in [1.82, 2.24) is 10.6 Å². The maximum atomic E-state index is 5.32. The lowest BCUT2D eigenvalue weighted by Gasteiger charge is -2.20. The Hall–Kier alpha value is -0.310. The lowest BCUT2D eigenvalue weighted by Crippen LogP contribution is -2.44. The van der Waals surface area contributed by atoms with Crippen molar-refractivity contribution < 1.29 is 0 Å². The highest BCUT2D eigenvalue weighted by molar-refractivity contribution is 7.80. The molecule has 1 aliphatic carbocycles. The smallest absolute Gasteiger partial charge is 0.166 e. The Kier molecular flexibility index (Phi) is 6.78. The van der Waals surface area contributed by atoms with Gasteiger partial charge in [0, 0.05) is 12.1 Å². The molecule has 0 amide bonds. The zero-order valence-corrected chi connectivity index (χ0v) is 11.5. The van der Waals surface area contributed by atoms with Gasteiger partial charge in [-0.3, -0.25) is 0 Å². The first kappa shape index (κ1) is 13.8. The molecule has 0 saturated heterocycles. The number of rotatable bonds is 6. The van der Waals surface area contributed by atoms with Gasteiger partial charge in [-0.05, 0) is 38.4 Å². The fourth-order valence-electron chi connectivity index (χ4n) is 2.29. The maximum absolute atomic E-state index is 5.32. The van der Waals surface area contributed by atoms with E-state index in [4.69, 9.17) is 12.2 Å². The molecular formula is C13H26N2S. The molecule has 1 atom stereocenters. The van der Waals surface area contributed by atoms with Crippen LogP contribution in [0.4, 0.5) is 0 Å². The van der Waals surface area contributed by atoms with E-state index >= 15 is 0 Å². The van der Waals surface area contributed by atoms with Crippen molar-refractivity contribution in [2.75, 3.05) is 0 Å². The molecule has 0 aromatic heterocycles. The van der Waals surface area contributed by atoms with Crippen molar-refractivity contribution in [2.45, 2.75) is 77.3 Å². The first-order chi connectivity index (χ1) is 7.72. The Bertz CT molecular complexity index is 200. The summed E-state index contributed by atoms with van der Waals surface area (Å²) in [5.41, 5.74) is 0. The molecule has 0 radical (unpaired) electrons. The zero-order chi connectivity index (χ0) is 11.8. The average Bonchev–Trinajstić information content (AvgIpc) is 2.70. The van der Waals surface area contributed by atoms with Crippen LogP contribution in [0.15, 0.2) is 0 Å². The summed E-state index contributed by atoms with van der Waals surface area (Å²) in [6.45, 7) is 4.46. The Balaban J connectivity index is 2.07. The van der Waals surface area contributed by atoms with E-state index in [2.05, 4.69) is 24.5 Å². The van der Waals surface area contributed by atoms with Gasteiger partial charge in [-0.15, -0.1) is 0 Å². The predicted molar refractivity (Wildman–Crippen MR) is 74.7 cm³/mol. The van der Waals surface area contributed by atoms with Crippen molar-refractivity contribution in [3.63, 3.8) is 0 Å². The third kappa shape index (κ3) is 5.69.